The van der Waals surface area contributed by atoms with E-state index in [0.717, 1.165) is 42.9 Å². The maximum absolute atomic E-state index is 13.0. The maximum Gasteiger partial charge on any atom is 0.123 e. The van der Waals surface area contributed by atoms with Crippen LogP contribution in [-0.4, -0.2) is 11.5 Å². The fraction of sp³-hybridized carbons (Fsp3) is 0.318. The van der Waals surface area contributed by atoms with Gasteiger partial charge < -0.3 is 0 Å². The summed E-state index contributed by atoms with van der Waals surface area (Å²) in [6.45, 7) is 0. The minimum atomic E-state index is -0.178. The highest BCUT2D eigenvalue weighted by Crippen LogP contribution is 2.40. The van der Waals surface area contributed by atoms with E-state index in [2.05, 4.69) is 24.3 Å². The molecule has 4 rings (SSSR count). The zero-order valence-corrected chi connectivity index (χ0v) is 16.1. The van der Waals surface area contributed by atoms with E-state index in [0.29, 0.717) is 0 Å². The number of benzene rings is 2. The molecule has 4 heteroatoms. The van der Waals surface area contributed by atoms with Crippen LogP contribution >= 0.6 is 23.4 Å². The molecule has 2 aliphatic heterocycles. The Balaban J connectivity index is 1.39. The van der Waals surface area contributed by atoms with Gasteiger partial charge in [-0.05, 0) is 60.9 Å². The van der Waals surface area contributed by atoms with E-state index < -0.39 is 0 Å². The van der Waals surface area contributed by atoms with Crippen molar-refractivity contribution in [2.24, 2.45) is 4.99 Å². The fourth-order valence-electron chi connectivity index (χ4n) is 3.52. The Hall–Kier alpha value is -1.58. The largest absolute Gasteiger partial charge is 0.280 e. The second kappa shape index (κ2) is 7.98. The summed E-state index contributed by atoms with van der Waals surface area (Å²) in [5.41, 5.74) is 4.95. The SMILES string of the molecule is Fc1ccc(CCc2ccc(C3CCC(C4=C(Cl)CCS4)=N3)cc2)cc1. The van der Waals surface area contributed by atoms with Crippen LogP contribution in [-0.2, 0) is 12.8 Å². The molecule has 0 bridgehead atoms. The topological polar surface area (TPSA) is 12.4 Å². The molecule has 0 radical (unpaired) electrons. The predicted molar refractivity (Wildman–Crippen MR) is 110 cm³/mol. The summed E-state index contributed by atoms with van der Waals surface area (Å²) in [7, 11) is 0. The van der Waals surface area contributed by atoms with Gasteiger partial charge in [-0.3, -0.25) is 4.99 Å². The normalized spacial score (nSPS) is 19.9. The molecule has 0 aromatic heterocycles. The van der Waals surface area contributed by atoms with Crippen LogP contribution in [0.1, 0.15) is 42.0 Å². The van der Waals surface area contributed by atoms with Crippen molar-refractivity contribution in [1.29, 1.82) is 0 Å². The molecule has 2 aromatic carbocycles. The highest BCUT2D eigenvalue weighted by molar-refractivity contribution is 8.04. The number of allylic oxidation sites excluding steroid dienone is 2. The van der Waals surface area contributed by atoms with Crippen LogP contribution in [0, 0.1) is 5.82 Å². The fourth-order valence-corrected chi connectivity index (χ4v) is 5.09. The molecule has 0 aliphatic carbocycles. The molecule has 1 unspecified atom stereocenters. The minimum absolute atomic E-state index is 0.178. The van der Waals surface area contributed by atoms with Crippen molar-refractivity contribution in [3.63, 3.8) is 0 Å². The highest BCUT2D eigenvalue weighted by atomic mass is 35.5. The van der Waals surface area contributed by atoms with Gasteiger partial charge in [-0.1, -0.05) is 48.0 Å². The second-order valence-corrected chi connectivity index (χ2v) is 8.39. The van der Waals surface area contributed by atoms with Crippen LogP contribution < -0.4 is 0 Å². The van der Waals surface area contributed by atoms with Gasteiger partial charge in [0.25, 0.3) is 0 Å². The second-order valence-electron chi connectivity index (χ2n) is 6.83. The summed E-state index contributed by atoms with van der Waals surface area (Å²) in [5, 5.41) is 0.991. The van der Waals surface area contributed by atoms with Gasteiger partial charge in [0.15, 0.2) is 0 Å². The number of hydrogen-bond acceptors (Lipinski definition) is 2. The van der Waals surface area contributed by atoms with Crippen molar-refractivity contribution in [1.82, 2.24) is 0 Å². The van der Waals surface area contributed by atoms with Crippen LogP contribution in [0.3, 0.4) is 0 Å². The molecule has 2 aromatic rings. The van der Waals surface area contributed by atoms with Crippen molar-refractivity contribution in [3.05, 3.63) is 81.0 Å². The Bertz CT molecular complexity index is 839. The molecule has 1 nitrogen and oxygen atoms in total. The molecule has 0 spiro atoms. The lowest BCUT2D eigenvalue weighted by atomic mass is 10.00. The number of halogens is 2. The number of nitrogens with zero attached hydrogens (tertiary/aromatic N) is 1. The minimum Gasteiger partial charge on any atom is -0.280 e. The lowest BCUT2D eigenvalue weighted by Gasteiger charge is -2.08. The maximum atomic E-state index is 13.0. The first-order chi connectivity index (χ1) is 12.7. The van der Waals surface area contributed by atoms with Crippen LogP contribution in [0.25, 0.3) is 0 Å². The van der Waals surface area contributed by atoms with E-state index in [1.807, 2.05) is 23.9 Å². The van der Waals surface area contributed by atoms with Crippen molar-refractivity contribution in [2.45, 2.75) is 38.1 Å². The van der Waals surface area contributed by atoms with E-state index in [1.54, 1.807) is 0 Å². The molecule has 0 fully saturated rings. The first-order valence-corrected chi connectivity index (χ1v) is 10.5. The van der Waals surface area contributed by atoms with Gasteiger partial charge in [0.05, 0.1) is 11.8 Å². The van der Waals surface area contributed by atoms with E-state index in [-0.39, 0.29) is 11.9 Å². The Labute approximate surface area is 163 Å². The third-order valence-corrected chi connectivity index (χ3v) is 6.69. The number of aliphatic imine (C=N–C) groups is 1. The van der Waals surface area contributed by atoms with Crippen molar-refractivity contribution < 1.29 is 4.39 Å². The first-order valence-electron chi connectivity index (χ1n) is 9.11. The Morgan fingerprint density at radius 1 is 0.962 bits per heavy atom. The van der Waals surface area contributed by atoms with Crippen LogP contribution in [0.4, 0.5) is 4.39 Å². The van der Waals surface area contributed by atoms with Gasteiger partial charge >= 0.3 is 0 Å². The third-order valence-electron chi connectivity index (χ3n) is 5.02. The summed E-state index contributed by atoms with van der Waals surface area (Å²) in [4.78, 5) is 6.17. The van der Waals surface area contributed by atoms with Crippen molar-refractivity contribution in [3.8, 4) is 0 Å². The zero-order chi connectivity index (χ0) is 17.9. The Morgan fingerprint density at radius 2 is 1.62 bits per heavy atom. The molecular weight excluding hydrogens is 365 g/mol. The number of aryl methyl sites for hydroxylation is 2. The van der Waals surface area contributed by atoms with E-state index >= 15 is 0 Å². The van der Waals surface area contributed by atoms with Crippen LogP contribution in [0.15, 0.2) is 63.5 Å². The molecule has 1 atom stereocenters. The smallest absolute Gasteiger partial charge is 0.123 e. The highest BCUT2D eigenvalue weighted by Gasteiger charge is 2.25. The molecule has 0 saturated heterocycles. The van der Waals surface area contributed by atoms with Gasteiger partial charge in [-0.2, -0.15) is 0 Å². The van der Waals surface area contributed by atoms with E-state index in [9.17, 15) is 4.39 Å². The molecule has 0 amide bonds. The molecule has 2 heterocycles. The summed E-state index contributed by atoms with van der Waals surface area (Å²) in [5.74, 6) is 0.906. The lowest BCUT2D eigenvalue weighted by Crippen LogP contribution is -1.94. The number of hydrogen-bond donors (Lipinski definition) is 0. The predicted octanol–water partition coefficient (Wildman–Crippen LogP) is 6.47. The summed E-state index contributed by atoms with van der Waals surface area (Å²) in [6, 6.07) is 15.8. The number of rotatable bonds is 5. The summed E-state index contributed by atoms with van der Waals surface area (Å²) >= 11 is 8.17. The lowest BCUT2D eigenvalue weighted by molar-refractivity contribution is 0.627. The van der Waals surface area contributed by atoms with Gasteiger partial charge in [-0.25, -0.2) is 4.39 Å². The van der Waals surface area contributed by atoms with E-state index in [1.165, 1.54) is 39.4 Å². The molecule has 0 saturated carbocycles. The molecule has 134 valence electrons. The Morgan fingerprint density at radius 3 is 2.23 bits per heavy atom. The van der Waals surface area contributed by atoms with Gasteiger partial charge in [0.1, 0.15) is 5.82 Å². The standard InChI is InChI=1S/C22H21ClFNS/c23-19-13-14-26-22(19)21-12-11-20(25-21)17-7-3-15(4-8-17)1-2-16-5-9-18(24)10-6-16/h3-10,20H,1-2,11-14H2. The number of thioether (sulfide) groups is 1. The first kappa shape index (κ1) is 17.8. The zero-order valence-electron chi connectivity index (χ0n) is 14.6. The Kier molecular flexibility index (Phi) is 5.46. The van der Waals surface area contributed by atoms with Gasteiger partial charge in [-0.15, -0.1) is 11.8 Å². The molecule has 26 heavy (non-hydrogen) atoms. The molecule has 2 aliphatic rings. The van der Waals surface area contributed by atoms with Crippen LogP contribution in [0.2, 0.25) is 0 Å². The van der Waals surface area contributed by atoms with E-state index in [4.69, 9.17) is 16.6 Å². The van der Waals surface area contributed by atoms with Crippen molar-refractivity contribution >= 4 is 29.1 Å². The quantitative estimate of drug-likeness (QED) is 0.574. The van der Waals surface area contributed by atoms with Gasteiger partial charge in [0, 0.05) is 15.7 Å². The monoisotopic (exact) mass is 385 g/mol. The third kappa shape index (κ3) is 4.05. The van der Waals surface area contributed by atoms with Crippen LogP contribution in [0.5, 0.6) is 0 Å². The average Bonchev–Trinajstić information content (AvgIpc) is 3.30. The summed E-state index contributed by atoms with van der Waals surface area (Å²) in [6.07, 6.45) is 4.96. The van der Waals surface area contributed by atoms with Crippen molar-refractivity contribution in [2.75, 3.05) is 5.75 Å². The average molecular weight is 386 g/mol. The molecule has 0 N–H and O–H groups in total. The van der Waals surface area contributed by atoms with Gasteiger partial charge in [0.2, 0.25) is 0 Å². The summed E-state index contributed by atoms with van der Waals surface area (Å²) < 4.78 is 13.0. The molecular formula is C22H21ClFNS.